The molecule has 2 aromatic rings. The Kier molecular flexibility index (Phi) is 8.53. The van der Waals surface area contributed by atoms with Crippen LogP contribution in [0.25, 0.3) is 0 Å². The number of aliphatic carboxylic acids is 2. The molecule has 1 aromatic carbocycles. The third-order valence-electron chi connectivity index (χ3n) is 5.60. The maximum absolute atomic E-state index is 12.0. The maximum atomic E-state index is 12.0. The van der Waals surface area contributed by atoms with E-state index >= 15 is 0 Å². The molecule has 1 saturated heterocycles. The zero-order valence-electron chi connectivity index (χ0n) is 18.6. The number of nitrogens with two attached hydrogens (primary N) is 1. The quantitative estimate of drug-likeness (QED) is 0.559. The van der Waals surface area contributed by atoms with E-state index in [1.54, 1.807) is 0 Å². The van der Waals surface area contributed by atoms with E-state index in [4.69, 9.17) is 9.90 Å². The van der Waals surface area contributed by atoms with E-state index in [1.165, 1.54) is 18.5 Å². The Morgan fingerprint density at radius 1 is 1.24 bits per heavy atom. The van der Waals surface area contributed by atoms with E-state index < -0.39 is 29.4 Å². The predicted molar refractivity (Wildman–Crippen MR) is 108 cm³/mol. The van der Waals surface area contributed by atoms with Crippen molar-refractivity contribution in [3.05, 3.63) is 41.2 Å². The van der Waals surface area contributed by atoms with Crippen molar-refractivity contribution in [3.63, 3.8) is 0 Å². The highest BCUT2D eigenvalue weighted by atomic mass is 19.4. The van der Waals surface area contributed by atoms with Crippen LogP contribution in [0, 0.1) is 11.3 Å². The molecule has 4 N–H and O–H groups in total. The number of carbonyl (C=O) groups excluding carboxylic acids is 1. The summed E-state index contributed by atoms with van der Waals surface area (Å²) < 4.78 is 31.5. The molecular weight excluding hydrogens is 443 g/mol. The standard InChI is InChI=1S/C19H27N5O2.C2HF3O2/c1-19(2,3)16(18(25)26)15(17-21-23-24-22-17)10-12-4-6-13(7-5-12)14-8-9-20-11-14;3-2(4,5)1(6)7/h4-7,14-16,20H,8-11H2,1-3H3,(H,25,26)(H,21,22,23,24);(H,6,7)/t14?,15-,16-;/m0./s1. The lowest BCUT2D eigenvalue weighted by Gasteiger charge is -2.32. The normalized spacial score (nSPS) is 18.2. The molecule has 1 unspecified atom stereocenters. The lowest BCUT2D eigenvalue weighted by atomic mass is 9.71. The number of rotatable bonds is 6. The minimum Gasteiger partial charge on any atom is -0.542 e. The summed E-state index contributed by atoms with van der Waals surface area (Å²) in [6, 6.07) is 8.59. The van der Waals surface area contributed by atoms with Crippen LogP contribution >= 0.6 is 0 Å². The van der Waals surface area contributed by atoms with Gasteiger partial charge in [-0.2, -0.15) is 18.4 Å². The molecule has 3 rings (SSSR count). The molecule has 0 aliphatic carbocycles. The summed E-state index contributed by atoms with van der Waals surface area (Å²) in [4.78, 5) is 20.8. The van der Waals surface area contributed by atoms with Gasteiger partial charge in [-0.25, -0.2) is 0 Å². The lowest BCUT2D eigenvalue weighted by molar-refractivity contribution is -0.636. The number of nitrogens with one attached hydrogen (secondary N) is 1. The topological polar surface area (TPSA) is 148 Å². The van der Waals surface area contributed by atoms with Crippen molar-refractivity contribution in [3.8, 4) is 0 Å². The number of halogens is 3. The van der Waals surface area contributed by atoms with Gasteiger partial charge < -0.3 is 20.3 Å². The number of benzene rings is 1. The highest BCUT2D eigenvalue weighted by Crippen LogP contribution is 2.39. The van der Waals surface area contributed by atoms with Crippen molar-refractivity contribution in [2.24, 2.45) is 11.3 Å². The molecule has 1 aromatic heterocycles. The van der Waals surface area contributed by atoms with Crippen LogP contribution in [0.1, 0.15) is 56.0 Å². The smallest absolute Gasteiger partial charge is 0.430 e. The molecule has 9 nitrogen and oxygen atoms in total. The highest BCUT2D eigenvalue weighted by Gasteiger charge is 2.41. The van der Waals surface area contributed by atoms with Crippen LogP contribution in [0.15, 0.2) is 24.3 Å². The van der Waals surface area contributed by atoms with Gasteiger partial charge in [0, 0.05) is 18.3 Å². The van der Waals surface area contributed by atoms with Crippen LogP contribution < -0.4 is 10.4 Å². The van der Waals surface area contributed by atoms with Crippen molar-refractivity contribution in [1.82, 2.24) is 20.6 Å². The number of tetrazole rings is 1. The van der Waals surface area contributed by atoms with Crippen LogP contribution in [0.4, 0.5) is 13.2 Å². The number of aromatic amines is 1. The fourth-order valence-corrected chi connectivity index (χ4v) is 4.07. The summed E-state index contributed by atoms with van der Waals surface area (Å²) >= 11 is 0. The molecule has 3 atom stereocenters. The number of hydrogen-bond donors (Lipinski definition) is 3. The van der Waals surface area contributed by atoms with Gasteiger partial charge >= 0.3 is 12.1 Å². The zero-order chi connectivity index (χ0) is 24.8. The van der Waals surface area contributed by atoms with Gasteiger partial charge in [-0.3, -0.25) is 4.79 Å². The Bertz CT molecular complexity index is 905. The first kappa shape index (κ1) is 26.2. The molecule has 1 fully saturated rings. The summed E-state index contributed by atoms with van der Waals surface area (Å²) in [5.74, 6) is -3.70. The molecule has 12 heteroatoms. The second-order valence-corrected chi connectivity index (χ2v) is 9.09. The number of aromatic nitrogens is 4. The van der Waals surface area contributed by atoms with Crippen LogP contribution in [0.5, 0.6) is 0 Å². The Hall–Kier alpha value is -3.02. The number of carboxylic acids is 2. The van der Waals surface area contributed by atoms with Gasteiger partial charge in [0.2, 0.25) is 0 Å². The summed E-state index contributed by atoms with van der Waals surface area (Å²) in [5, 5.41) is 35.3. The lowest BCUT2D eigenvalue weighted by Crippen LogP contribution is -2.81. The molecular formula is C21H28F3N5O4. The third kappa shape index (κ3) is 7.52. The summed E-state index contributed by atoms with van der Waals surface area (Å²) in [6.07, 6.45) is -3.40. The number of carbonyl (C=O) groups is 2. The average Bonchev–Trinajstić information content (AvgIpc) is 3.41. The van der Waals surface area contributed by atoms with E-state index in [0.29, 0.717) is 18.2 Å². The van der Waals surface area contributed by atoms with Crippen molar-refractivity contribution in [1.29, 1.82) is 0 Å². The third-order valence-corrected chi connectivity index (χ3v) is 5.60. The molecule has 1 aliphatic rings. The summed E-state index contributed by atoms with van der Waals surface area (Å²) in [5.41, 5.74) is 2.04. The first-order valence-electron chi connectivity index (χ1n) is 10.5. The molecule has 1 aliphatic heterocycles. The molecule has 0 saturated carbocycles. The molecule has 33 heavy (non-hydrogen) atoms. The first-order valence-corrected chi connectivity index (χ1v) is 10.5. The fourth-order valence-electron chi connectivity index (χ4n) is 4.07. The van der Waals surface area contributed by atoms with E-state index in [-0.39, 0.29) is 5.92 Å². The van der Waals surface area contributed by atoms with Gasteiger partial charge in [0.15, 0.2) is 5.82 Å². The summed E-state index contributed by atoms with van der Waals surface area (Å²) in [6.45, 7) is 8.17. The van der Waals surface area contributed by atoms with Crippen LogP contribution in [0.3, 0.4) is 0 Å². The Morgan fingerprint density at radius 3 is 2.24 bits per heavy atom. The van der Waals surface area contributed by atoms with Crippen molar-refractivity contribution in [2.75, 3.05) is 13.1 Å². The fraction of sp³-hybridized carbons (Fsp3) is 0.571. The minimum absolute atomic E-state index is 0.336. The minimum atomic E-state index is -5.19. The van der Waals surface area contributed by atoms with Gasteiger partial charge in [0.1, 0.15) is 5.97 Å². The van der Waals surface area contributed by atoms with E-state index in [1.807, 2.05) is 20.8 Å². The first-order chi connectivity index (χ1) is 15.3. The molecule has 182 valence electrons. The van der Waals surface area contributed by atoms with Crippen LogP contribution in [-0.4, -0.2) is 56.9 Å². The number of alkyl halides is 3. The maximum Gasteiger partial charge on any atom is 0.430 e. The van der Waals surface area contributed by atoms with E-state index in [0.717, 1.165) is 12.1 Å². The molecule has 0 spiro atoms. The SMILES string of the molecule is CC(C)(C)[C@H](C(=O)O)[C@H](Cc1ccc(C2CC[NH2+]C2)cc1)c1nn[nH]n1.O=C([O-])C(F)(F)F. The van der Waals surface area contributed by atoms with Crippen molar-refractivity contribution in [2.45, 2.75) is 51.6 Å². The highest BCUT2D eigenvalue weighted by molar-refractivity contribution is 5.72. The second kappa shape index (κ2) is 10.7. The van der Waals surface area contributed by atoms with Gasteiger partial charge in [-0.05, 0) is 23.0 Å². The van der Waals surface area contributed by atoms with Gasteiger partial charge in [-0.15, -0.1) is 10.2 Å². The Labute approximate surface area is 188 Å². The Morgan fingerprint density at radius 2 is 1.85 bits per heavy atom. The number of hydrogen-bond acceptors (Lipinski definition) is 6. The van der Waals surface area contributed by atoms with Gasteiger partial charge in [-0.1, -0.05) is 50.3 Å². The zero-order valence-corrected chi connectivity index (χ0v) is 18.6. The van der Waals surface area contributed by atoms with Crippen molar-refractivity contribution >= 4 is 11.9 Å². The number of carboxylic acid groups (broad SMARTS) is 2. The van der Waals surface area contributed by atoms with Gasteiger partial charge in [0.25, 0.3) is 0 Å². The molecule has 2 heterocycles. The van der Waals surface area contributed by atoms with Crippen molar-refractivity contribution < 1.29 is 38.3 Å². The summed E-state index contributed by atoms with van der Waals surface area (Å²) in [7, 11) is 0. The predicted octanol–water partition coefficient (Wildman–Crippen LogP) is 0.622. The number of nitrogens with zero attached hydrogens (tertiary/aromatic N) is 3. The molecule has 0 amide bonds. The second-order valence-electron chi connectivity index (χ2n) is 9.09. The van der Waals surface area contributed by atoms with Crippen LogP contribution in [-0.2, 0) is 16.0 Å². The Balaban J connectivity index is 0.000000479. The number of quaternary nitrogens is 1. The average molecular weight is 471 g/mol. The van der Waals surface area contributed by atoms with Gasteiger partial charge in [0.05, 0.1) is 19.0 Å². The number of H-pyrrole nitrogens is 1. The van der Waals surface area contributed by atoms with Crippen LogP contribution in [0.2, 0.25) is 0 Å². The monoisotopic (exact) mass is 471 g/mol. The molecule has 0 radical (unpaired) electrons. The van der Waals surface area contributed by atoms with E-state index in [9.17, 15) is 23.1 Å². The largest absolute Gasteiger partial charge is 0.542 e. The van der Waals surface area contributed by atoms with E-state index in [2.05, 4.69) is 50.2 Å². The molecule has 0 bridgehead atoms.